The Hall–Kier alpha value is -4.73. The average Bonchev–Trinajstić information content (AvgIpc) is 3.65. The van der Waals surface area contributed by atoms with E-state index in [1.54, 1.807) is 48.5 Å². The third kappa shape index (κ3) is 6.94. The summed E-state index contributed by atoms with van der Waals surface area (Å²) >= 11 is 0. The number of H-pyrrole nitrogens is 1. The molecule has 0 aliphatic heterocycles. The van der Waals surface area contributed by atoms with Gasteiger partial charge in [0.25, 0.3) is 21.9 Å². The van der Waals surface area contributed by atoms with Crippen LogP contribution in [-0.2, 0) is 16.6 Å². The van der Waals surface area contributed by atoms with Crippen LogP contribution in [0, 0.1) is 0 Å². The molecule has 3 heterocycles. The van der Waals surface area contributed by atoms with Gasteiger partial charge in [-0.25, -0.2) is 8.42 Å². The van der Waals surface area contributed by atoms with Crippen LogP contribution in [-0.4, -0.2) is 66.9 Å². The van der Waals surface area contributed by atoms with Gasteiger partial charge < -0.3 is 15.0 Å². The SMILES string of the molecule is CC(C)(CCn1ccc2cc(C(=O)Nc3nn[nH]n3)nnc21)NC[C@H](O)c1cccc(NS(=O)(=O)c2ccccc2)c1. The molecule has 1 atom stereocenters. The number of benzene rings is 2. The van der Waals surface area contributed by atoms with Gasteiger partial charge in [-0.1, -0.05) is 35.4 Å². The number of hydrogen-bond acceptors (Lipinski definition) is 10. The summed E-state index contributed by atoms with van der Waals surface area (Å²) < 4.78 is 29.9. The molecule has 2 aromatic carbocycles. The number of anilines is 2. The molecule has 0 radical (unpaired) electrons. The first-order valence-electron chi connectivity index (χ1n) is 13.1. The molecule has 0 unspecified atom stereocenters. The number of aryl methyl sites for hydroxylation is 1. The van der Waals surface area contributed by atoms with Crippen LogP contribution in [0.15, 0.2) is 77.8 Å². The van der Waals surface area contributed by atoms with Gasteiger partial charge >= 0.3 is 0 Å². The molecule has 3 aromatic heterocycles. The molecule has 0 fully saturated rings. The molecule has 0 saturated heterocycles. The number of tetrazole rings is 1. The highest BCUT2D eigenvalue weighted by atomic mass is 32.2. The predicted octanol–water partition coefficient (Wildman–Crippen LogP) is 2.49. The van der Waals surface area contributed by atoms with Gasteiger partial charge in [0.1, 0.15) is 0 Å². The topological polar surface area (TPSA) is 193 Å². The monoisotopic (exact) mass is 590 g/mol. The number of carbonyl (C=O) groups excluding carboxylic acids is 1. The van der Waals surface area contributed by atoms with Crippen molar-refractivity contribution in [2.75, 3.05) is 16.6 Å². The number of aromatic nitrogens is 7. The zero-order valence-corrected chi connectivity index (χ0v) is 23.7. The molecular weight excluding hydrogens is 560 g/mol. The molecule has 0 aliphatic rings. The Morgan fingerprint density at radius 2 is 1.86 bits per heavy atom. The Morgan fingerprint density at radius 1 is 1.05 bits per heavy atom. The van der Waals surface area contributed by atoms with Crippen molar-refractivity contribution in [3.05, 3.63) is 84.2 Å². The fourth-order valence-corrected chi connectivity index (χ4v) is 5.33. The number of rotatable bonds is 12. The van der Waals surface area contributed by atoms with Crippen LogP contribution in [0.5, 0.6) is 0 Å². The summed E-state index contributed by atoms with van der Waals surface area (Å²) in [6.45, 7) is 4.93. The van der Waals surface area contributed by atoms with Gasteiger partial charge in [0.2, 0.25) is 0 Å². The molecule has 14 nitrogen and oxygen atoms in total. The minimum atomic E-state index is -3.74. The summed E-state index contributed by atoms with van der Waals surface area (Å²) in [5.41, 5.74) is 1.35. The van der Waals surface area contributed by atoms with Crippen molar-refractivity contribution in [3.63, 3.8) is 0 Å². The van der Waals surface area contributed by atoms with Gasteiger partial charge in [0.05, 0.1) is 11.0 Å². The lowest BCUT2D eigenvalue weighted by molar-refractivity contribution is 0.102. The smallest absolute Gasteiger partial charge is 0.278 e. The lowest BCUT2D eigenvalue weighted by Gasteiger charge is -2.28. The lowest BCUT2D eigenvalue weighted by Crippen LogP contribution is -2.42. The maximum absolute atomic E-state index is 12.7. The number of aliphatic hydroxyl groups excluding tert-OH is 1. The summed E-state index contributed by atoms with van der Waals surface area (Å²) in [7, 11) is -3.74. The van der Waals surface area contributed by atoms with Crippen LogP contribution in [0.4, 0.5) is 11.6 Å². The summed E-state index contributed by atoms with van der Waals surface area (Å²) in [6, 6.07) is 18.3. The highest BCUT2D eigenvalue weighted by Crippen LogP contribution is 2.22. The van der Waals surface area contributed by atoms with E-state index in [2.05, 4.69) is 46.2 Å². The number of nitrogens with zero attached hydrogens (tertiary/aromatic N) is 6. The molecule has 0 bridgehead atoms. The molecule has 0 spiro atoms. The Balaban J connectivity index is 1.16. The van der Waals surface area contributed by atoms with Gasteiger partial charge in [0, 0.05) is 35.9 Å². The molecular formula is C27H30N10O4S. The molecule has 0 saturated carbocycles. The average molecular weight is 591 g/mol. The summed E-state index contributed by atoms with van der Waals surface area (Å²) in [4.78, 5) is 12.5. The predicted molar refractivity (Wildman–Crippen MR) is 155 cm³/mol. The number of sulfonamides is 1. The van der Waals surface area contributed by atoms with Gasteiger partial charge in [0.15, 0.2) is 11.3 Å². The van der Waals surface area contributed by atoms with Crippen molar-refractivity contribution >= 4 is 38.6 Å². The van der Waals surface area contributed by atoms with Crippen LogP contribution < -0.4 is 15.4 Å². The Labute approximate surface area is 241 Å². The zero-order valence-electron chi connectivity index (χ0n) is 22.9. The van der Waals surface area contributed by atoms with E-state index in [1.807, 2.05) is 30.7 Å². The van der Waals surface area contributed by atoms with Crippen molar-refractivity contribution in [2.24, 2.45) is 0 Å². The Kier molecular flexibility index (Phi) is 8.24. The molecule has 0 aliphatic carbocycles. The van der Waals surface area contributed by atoms with Crippen LogP contribution in [0.2, 0.25) is 0 Å². The van der Waals surface area contributed by atoms with Gasteiger partial charge in [-0.2, -0.15) is 5.21 Å². The zero-order chi connectivity index (χ0) is 29.7. The van der Waals surface area contributed by atoms with Crippen molar-refractivity contribution in [2.45, 2.75) is 43.4 Å². The third-order valence-electron chi connectivity index (χ3n) is 6.64. The Bertz CT molecular complexity index is 1770. The second-order valence-corrected chi connectivity index (χ2v) is 12.0. The normalized spacial score (nSPS) is 12.7. The number of carbonyl (C=O) groups is 1. The van der Waals surface area contributed by atoms with Gasteiger partial charge in [-0.05, 0) is 67.4 Å². The van der Waals surface area contributed by atoms with E-state index in [-0.39, 0.29) is 28.6 Å². The summed E-state index contributed by atoms with van der Waals surface area (Å²) in [5.74, 6) is -0.457. The number of amides is 1. The number of β-amino-alcohol motifs (C(OH)–C–C–N with tert-alkyl or cyclic N) is 1. The fourth-order valence-electron chi connectivity index (χ4n) is 4.26. The Morgan fingerprint density at radius 3 is 2.62 bits per heavy atom. The van der Waals surface area contributed by atoms with Crippen LogP contribution in [0.1, 0.15) is 42.4 Å². The van der Waals surface area contributed by atoms with Crippen LogP contribution in [0.3, 0.4) is 0 Å². The molecule has 1 amide bonds. The van der Waals surface area contributed by atoms with E-state index in [4.69, 9.17) is 0 Å². The van der Waals surface area contributed by atoms with E-state index < -0.39 is 22.0 Å². The van der Waals surface area contributed by atoms with Crippen LogP contribution >= 0.6 is 0 Å². The van der Waals surface area contributed by atoms with Gasteiger partial charge in [-0.15, -0.1) is 15.3 Å². The molecule has 5 rings (SSSR count). The number of nitrogens with one attached hydrogen (secondary N) is 4. The van der Waals surface area contributed by atoms with E-state index in [0.717, 1.165) is 5.39 Å². The maximum atomic E-state index is 12.7. The highest BCUT2D eigenvalue weighted by Gasteiger charge is 2.21. The quantitative estimate of drug-likeness (QED) is 0.144. The highest BCUT2D eigenvalue weighted by molar-refractivity contribution is 7.92. The number of hydrogen-bond donors (Lipinski definition) is 5. The standard InChI is InChI=1S/C27H30N10O4S/c1-27(2,12-14-37-13-11-19-16-22(30-31-24(19)37)25(39)29-26-32-35-36-33-26)28-17-23(38)18-7-6-8-20(15-18)34-42(40,41)21-9-4-3-5-10-21/h3-11,13,15-16,23,28,34,38H,12,14,17H2,1-2H3,(H2,29,32,33,35,36,39)/t23-/m0/s1. The van der Waals surface area contributed by atoms with Crippen molar-refractivity contribution in [1.29, 1.82) is 0 Å². The summed E-state index contributed by atoms with van der Waals surface area (Å²) in [6.07, 6.45) is 1.72. The van der Waals surface area contributed by atoms with Crippen molar-refractivity contribution in [3.8, 4) is 0 Å². The molecule has 5 N–H and O–H groups in total. The second-order valence-electron chi connectivity index (χ2n) is 10.3. The first kappa shape index (κ1) is 28.8. The molecule has 15 heteroatoms. The first-order valence-corrected chi connectivity index (χ1v) is 14.6. The fraction of sp³-hybridized carbons (Fsp3) is 0.259. The van der Waals surface area contributed by atoms with E-state index >= 15 is 0 Å². The number of fused-ring (bicyclic) bond motifs is 1. The van der Waals surface area contributed by atoms with E-state index in [1.165, 1.54) is 12.1 Å². The molecule has 42 heavy (non-hydrogen) atoms. The minimum absolute atomic E-state index is 0.0414. The maximum Gasteiger partial charge on any atom is 0.278 e. The van der Waals surface area contributed by atoms with Crippen LogP contribution in [0.25, 0.3) is 11.0 Å². The summed E-state index contributed by atoms with van der Waals surface area (Å²) in [5, 5.41) is 38.8. The second kappa shape index (κ2) is 12.0. The minimum Gasteiger partial charge on any atom is -0.387 e. The van der Waals surface area contributed by atoms with E-state index in [9.17, 15) is 18.3 Å². The van der Waals surface area contributed by atoms with Crippen molar-refractivity contribution < 1.29 is 18.3 Å². The molecule has 5 aromatic rings. The van der Waals surface area contributed by atoms with E-state index in [0.29, 0.717) is 29.9 Å². The third-order valence-corrected chi connectivity index (χ3v) is 8.04. The number of aliphatic hydroxyl groups is 1. The molecule has 218 valence electrons. The lowest BCUT2D eigenvalue weighted by atomic mass is 9.99. The first-order chi connectivity index (χ1) is 20.1. The largest absolute Gasteiger partial charge is 0.387 e. The van der Waals surface area contributed by atoms with Gasteiger partial charge in [-0.3, -0.25) is 14.8 Å². The van der Waals surface area contributed by atoms with Crippen molar-refractivity contribution in [1.82, 2.24) is 40.7 Å². The number of aromatic amines is 1.